The lowest BCUT2D eigenvalue weighted by Crippen LogP contribution is -2.31. The van der Waals surface area contributed by atoms with Crippen molar-refractivity contribution in [2.45, 2.75) is 24.8 Å². The van der Waals surface area contributed by atoms with Gasteiger partial charge in [0, 0.05) is 6.26 Å². The fraction of sp³-hybridized carbons (Fsp3) is 0.167. The smallest absolute Gasteiger partial charge is 0.233 e. The molecule has 0 atom stereocenters. The van der Waals surface area contributed by atoms with E-state index in [2.05, 4.69) is 0 Å². The highest BCUT2D eigenvalue weighted by Crippen LogP contribution is 2.36. The second-order valence-electron chi connectivity index (χ2n) is 7.60. The number of anilines is 1. The maximum Gasteiger partial charge on any atom is 0.233 e. The van der Waals surface area contributed by atoms with Gasteiger partial charge in [0.15, 0.2) is 15.0 Å². The number of carbonyl (C=O) groups is 1. The van der Waals surface area contributed by atoms with E-state index >= 15 is 0 Å². The van der Waals surface area contributed by atoms with Gasteiger partial charge in [0.2, 0.25) is 5.91 Å². The van der Waals surface area contributed by atoms with Crippen molar-refractivity contribution >= 4 is 54.0 Å². The lowest BCUT2D eigenvalue weighted by molar-refractivity contribution is -0.118. The van der Waals surface area contributed by atoms with E-state index in [1.54, 1.807) is 17.0 Å². The molecule has 1 heterocycles. The minimum atomic E-state index is -3.29. The molecule has 0 aliphatic rings. The third kappa shape index (κ3) is 4.85. The molecule has 5 nitrogen and oxygen atoms in total. The van der Waals surface area contributed by atoms with Gasteiger partial charge in [0.1, 0.15) is 0 Å². The Morgan fingerprint density at radius 2 is 1.69 bits per heavy atom. The van der Waals surface area contributed by atoms with Gasteiger partial charge < -0.3 is 0 Å². The Kier molecular flexibility index (Phi) is 6.33. The predicted octanol–water partition coefficient (Wildman–Crippen LogP) is 5.44. The van der Waals surface area contributed by atoms with Gasteiger partial charge in [0.05, 0.1) is 33.1 Å². The predicted molar refractivity (Wildman–Crippen MR) is 130 cm³/mol. The lowest BCUT2D eigenvalue weighted by Gasteiger charge is -2.20. The number of hydrogen-bond acceptors (Lipinski definition) is 5. The van der Waals surface area contributed by atoms with E-state index in [1.807, 2.05) is 49.4 Å². The first-order chi connectivity index (χ1) is 15.2. The highest BCUT2D eigenvalue weighted by Gasteiger charge is 2.22. The first-order valence-corrected chi connectivity index (χ1v) is 13.0. The van der Waals surface area contributed by atoms with Crippen LogP contribution in [-0.4, -0.2) is 25.6 Å². The Morgan fingerprint density at radius 1 is 1.00 bits per heavy atom. The molecule has 32 heavy (non-hydrogen) atoms. The van der Waals surface area contributed by atoms with Crippen molar-refractivity contribution in [3.8, 4) is 0 Å². The van der Waals surface area contributed by atoms with Crippen molar-refractivity contribution < 1.29 is 13.2 Å². The van der Waals surface area contributed by atoms with Crippen LogP contribution in [0.15, 0.2) is 71.6 Å². The van der Waals surface area contributed by atoms with Crippen LogP contribution < -0.4 is 4.90 Å². The molecular formula is C24H21ClN2O3S2. The molecule has 0 radical (unpaired) electrons. The quantitative estimate of drug-likeness (QED) is 0.365. The van der Waals surface area contributed by atoms with E-state index in [1.165, 1.54) is 23.5 Å². The normalized spacial score (nSPS) is 11.6. The fourth-order valence-corrected chi connectivity index (χ4v) is 5.32. The van der Waals surface area contributed by atoms with E-state index < -0.39 is 9.84 Å². The van der Waals surface area contributed by atoms with Crippen molar-refractivity contribution in [1.29, 1.82) is 0 Å². The number of fused-ring (bicyclic) bond motifs is 1. The summed E-state index contributed by atoms with van der Waals surface area (Å²) in [5.41, 5.74) is 3.50. The Balaban J connectivity index is 1.69. The molecule has 164 valence electrons. The van der Waals surface area contributed by atoms with Gasteiger partial charge in [-0.05, 0) is 41.8 Å². The zero-order chi connectivity index (χ0) is 22.9. The molecule has 0 aliphatic heterocycles. The number of carbonyl (C=O) groups excluding carboxylic acids is 1. The molecule has 4 rings (SSSR count). The number of halogens is 1. The maximum atomic E-state index is 13.4. The highest BCUT2D eigenvalue weighted by atomic mass is 35.5. The number of nitrogens with zero attached hydrogens (tertiary/aromatic N) is 2. The average Bonchev–Trinajstić information content (AvgIpc) is 3.21. The van der Waals surface area contributed by atoms with Gasteiger partial charge in [-0.2, -0.15) is 0 Å². The summed E-state index contributed by atoms with van der Waals surface area (Å²) < 4.78 is 24.3. The Hall–Kier alpha value is -2.74. The minimum absolute atomic E-state index is 0.125. The van der Waals surface area contributed by atoms with Crippen LogP contribution in [0.5, 0.6) is 0 Å². The molecule has 0 aliphatic carbocycles. The first kappa shape index (κ1) is 22.5. The summed E-state index contributed by atoms with van der Waals surface area (Å²) in [6.07, 6.45) is 1.29. The largest absolute Gasteiger partial charge is 0.283 e. The summed E-state index contributed by atoms with van der Waals surface area (Å²) >= 11 is 7.78. The van der Waals surface area contributed by atoms with Crippen LogP contribution in [0.1, 0.15) is 16.7 Å². The van der Waals surface area contributed by atoms with Gasteiger partial charge in [-0.1, -0.05) is 71.5 Å². The van der Waals surface area contributed by atoms with Crippen molar-refractivity contribution in [3.63, 3.8) is 0 Å². The Labute approximate surface area is 196 Å². The van der Waals surface area contributed by atoms with E-state index in [-0.39, 0.29) is 17.2 Å². The molecule has 0 fully saturated rings. The van der Waals surface area contributed by atoms with Gasteiger partial charge in [-0.3, -0.25) is 9.69 Å². The minimum Gasteiger partial charge on any atom is -0.283 e. The average molecular weight is 485 g/mol. The molecular weight excluding hydrogens is 464 g/mol. The summed E-state index contributed by atoms with van der Waals surface area (Å²) in [4.78, 5) is 20.0. The Bertz CT molecular complexity index is 1340. The summed E-state index contributed by atoms with van der Waals surface area (Å²) in [5.74, 6) is -0.131. The second-order valence-corrected chi connectivity index (χ2v) is 11.0. The first-order valence-electron chi connectivity index (χ1n) is 9.91. The molecule has 0 N–H and O–H groups in total. The summed E-state index contributed by atoms with van der Waals surface area (Å²) in [6.45, 7) is 2.34. The second kappa shape index (κ2) is 9.02. The SMILES string of the molecule is Cc1ccc(Cl)c2sc(N(Cc3ccccc3)C(=O)Cc3ccc(S(C)(=O)=O)cc3)nc12. The number of aromatic nitrogens is 1. The molecule has 0 bridgehead atoms. The molecule has 1 aromatic heterocycles. The van der Waals surface area contributed by atoms with Gasteiger partial charge in [0.25, 0.3) is 0 Å². The zero-order valence-electron chi connectivity index (χ0n) is 17.6. The molecule has 0 spiro atoms. The molecule has 0 saturated carbocycles. The fourth-order valence-electron chi connectivity index (χ4n) is 3.36. The summed E-state index contributed by atoms with van der Waals surface area (Å²) in [7, 11) is -3.29. The van der Waals surface area contributed by atoms with Crippen LogP contribution >= 0.6 is 22.9 Å². The number of aryl methyl sites for hydroxylation is 1. The van der Waals surface area contributed by atoms with Gasteiger partial charge in [-0.25, -0.2) is 13.4 Å². The zero-order valence-corrected chi connectivity index (χ0v) is 20.0. The standard InChI is InChI=1S/C24H21ClN2O3S2/c1-16-8-13-20(25)23-22(16)26-24(31-23)27(15-18-6-4-3-5-7-18)21(28)14-17-9-11-19(12-10-17)32(2,29)30/h3-13H,14-15H2,1-2H3. The van der Waals surface area contributed by atoms with Crippen LogP contribution in [0.2, 0.25) is 5.02 Å². The maximum absolute atomic E-state index is 13.4. The molecule has 0 unspecified atom stereocenters. The topological polar surface area (TPSA) is 67.3 Å². The number of amides is 1. The molecule has 0 saturated heterocycles. The van der Waals surface area contributed by atoms with Crippen molar-refractivity contribution in [1.82, 2.24) is 4.98 Å². The number of rotatable bonds is 6. The number of thiazole rings is 1. The molecule has 1 amide bonds. The van der Waals surface area contributed by atoms with E-state index in [0.29, 0.717) is 16.7 Å². The van der Waals surface area contributed by atoms with Crippen molar-refractivity contribution in [3.05, 3.63) is 88.4 Å². The Morgan fingerprint density at radius 3 is 2.31 bits per heavy atom. The third-order valence-electron chi connectivity index (χ3n) is 5.11. The van der Waals surface area contributed by atoms with Crippen LogP contribution in [0.25, 0.3) is 10.2 Å². The highest BCUT2D eigenvalue weighted by molar-refractivity contribution is 7.90. The van der Waals surface area contributed by atoms with Crippen LogP contribution in [0.4, 0.5) is 5.13 Å². The molecule has 8 heteroatoms. The van der Waals surface area contributed by atoms with Gasteiger partial charge in [-0.15, -0.1) is 0 Å². The number of sulfone groups is 1. The number of benzene rings is 3. The van der Waals surface area contributed by atoms with E-state index in [9.17, 15) is 13.2 Å². The van der Waals surface area contributed by atoms with E-state index in [4.69, 9.17) is 16.6 Å². The molecule has 3 aromatic carbocycles. The van der Waals surface area contributed by atoms with Crippen molar-refractivity contribution in [2.75, 3.05) is 11.2 Å². The van der Waals surface area contributed by atoms with Crippen molar-refractivity contribution in [2.24, 2.45) is 0 Å². The van der Waals surface area contributed by atoms with Crippen LogP contribution in [0, 0.1) is 6.92 Å². The molecule has 4 aromatic rings. The monoisotopic (exact) mass is 484 g/mol. The van der Waals surface area contributed by atoms with Crippen LogP contribution in [0.3, 0.4) is 0 Å². The summed E-state index contributed by atoms with van der Waals surface area (Å²) in [6, 6.07) is 19.9. The summed E-state index contributed by atoms with van der Waals surface area (Å²) in [5, 5.41) is 1.19. The van der Waals surface area contributed by atoms with Gasteiger partial charge >= 0.3 is 0 Å². The third-order valence-corrected chi connectivity index (χ3v) is 7.78. The van der Waals surface area contributed by atoms with Crippen LogP contribution in [-0.2, 0) is 27.6 Å². The lowest BCUT2D eigenvalue weighted by atomic mass is 10.1. The number of hydrogen-bond donors (Lipinski definition) is 0. The van der Waals surface area contributed by atoms with E-state index in [0.717, 1.165) is 33.2 Å².